The molecule has 0 radical (unpaired) electrons. The number of primary amides is 1. The lowest BCUT2D eigenvalue weighted by Gasteiger charge is -2.17. The van der Waals surface area contributed by atoms with Crippen LogP contribution in [0.15, 0.2) is 24.3 Å². The van der Waals surface area contributed by atoms with Crippen molar-refractivity contribution in [2.24, 2.45) is 17.4 Å². The molecule has 0 saturated heterocycles. The molecule has 0 spiro atoms. The Bertz CT molecular complexity index is 386. The largest absolute Gasteiger partial charge is 0.370 e. The highest BCUT2D eigenvalue weighted by molar-refractivity contribution is 5.73. The van der Waals surface area contributed by atoms with Gasteiger partial charge in [0, 0.05) is 12.5 Å². The van der Waals surface area contributed by atoms with Crippen LogP contribution < -0.4 is 11.5 Å². The SMILES string of the molecule is CCCCc1ccc(C(N)CC(C)CC(N)=O)cc1. The van der Waals surface area contributed by atoms with Crippen molar-refractivity contribution in [1.82, 2.24) is 0 Å². The van der Waals surface area contributed by atoms with E-state index in [1.165, 1.54) is 18.4 Å². The Morgan fingerprint density at radius 2 is 1.89 bits per heavy atom. The topological polar surface area (TPSA) is 69.1 Å². The molecule has 1 aromatic carbocycles. The zero-order valence-corrected chi connectivity index (χ0v) is 12.1. The number of rotatable bonds is 8. The molecule has 0 aliphatic rings. The number of hydrogen-bond acceptors (Lipinski definition) is 2. The summed E-state index contributed by atoms with van der Waals surface area (Å²) >= 11 is 0. The third-order valence-corrected chi connectivity index (χ3v) is 3.43. The Morgan fingerprint density at radius 1 is 1.26 bits per heavy atom. The van der Waals surface area contributed by atoms with Gasteiger partial charge in [0.1, 0.15) is 0 Å². The monoisotopic (exact) mass is 262 g/mol. The van der Waals surface area contributed by atoms with Crippen LogP contribution in [-0.2, 0) is 11.2 Å². The number of unbranched alkanes of at least 4 members (excludes halogenated alkanes) is 1. The van der Waals surface area contributed by atoms with Gasteiger partial charge in [0.05, 0.1) is 0 Å². The van der Waals surface area contributed by atoms with Crippen LogP contribution >= 0.6 is 0 Å². The van der Waals surface area contributed by atoms with Gasteiger partial charge in [-0.1, -0.05) is 44.5 Å². The number of aryl methyl sites for hydroxylation is 1. The summed E-state index contributed by atoms with van der Waals surface area (Å²) < 4.78 is 0. The predicted molar refractivity (Wildman–Crippen MR) is 79.6 cm³/mol. The van der Waals surface area contributed by atoms with Crippen LogP contribution in [0.1, 0.15) is 56.7 Å². The summed E-state index contributed by atoms with van der Waals surface area (Å²) in [4.78, 5) is 10.9. The first-order valence-electron chi connectivity index (χ1n) is 7.15. The third kappa shape index (κ3) is 5.88. The average Bonchev–Trinajstić information content (AvgIpc) is 2.35. The average molecular weight is 262 g/mol. The molecule has 0 aliphatic heterocycles. The zero-order valence-electron chi connectivity index (χ0n) is 12.1. The van der Waals surface area contributed by atoms with Crippen LogP contribution in [0.2, 0.25) is 0 Å². The summed E-state index contributed by atoms with van der Waals surface area (Å²) in [6.07, 6.45) is 4.76. The van der Waals surface area contributed by atoms with Gasteiger partial charge in [-0.3, -0.25) is 4.79 Å². The molecule has 19 heavy (non-hydrogen) atoms. The van der Waals surface area contributed by atoms with E-state index in [0.29, 0.717) is 6.42 Å². The Labute approximate surface area is 116 Å². The van der Waals surface area contributed by atoms with Crippen molar-refractivity contribution in [1.29, 1.82) is 0 Å². The number of amides is 1. The molecule has 1 rings (SSSR count). The van der Waals surface area contributed by atoms with E-state index in [2.05, 4.69) is 31.2 Å². The second-order valence-electron chi connectivity index (χ2n) is 5.46. The molecule has 106 valence electrons. The minimum atomic E-state index is -0.255. The van der Waals surface area contributed by atoms with Crippen LogP contribution in [0.3, 0.4) is 0 Å². The second kappa shape index (κ2) is 7.95. The Kier molecular flexibility index (Phi) is 6.57. The van der Waals surface area contributed by atoms with Crippen LogP contribution in [0.25, 0.3) is 0 Å². The summed E-state index contributed by atoms with van der Waals surface area (Å²) in [6, 6.07) is 8.50. The molecule has 2 unspecified atom stereocenters. The van der Waals surface area contributed by atoms with E-state index >= 15 is 0 Å². The van der Waals surface area contributed by atoms with E-state index in [1.807, 2.05) is 6.92 Å². The molecule has 3 heteroatoms. The van der Waals surface area contributed by atoms with Gasteiger partial charge in [-0.15, -0.1) is 0 Å². The van der Waals surface area contributed by atoms with Crippen LogP contribution in [0, 0.1) is 5.92 Å². The zero-order chi connectivity index (χ0) is 14.3. The lowest BCUT2D eigenvalue weighted by Crippen LogP contribution is -2.19. The highest BCUT2D eigenvalue weighted by atomic mass is 16.1. The van der Waals surface area contributed by atoms with Gasteiger partial charge >= 0.3 is 0 Å². The molecule has 1 amide bonds. The highest BCUT2D eigenvalue weighted by Gasteiger charge is 2.13. The molecular weight excluding hydrogens is 236 g/mol. The van der Waals surface area contributed by atoms with E-state index in [0.717, 1.165) is 18.4 Å². The number of nitrogens with two attached hydrogens (primary N) is 2. The fraction of sp³-hybridized carbons (Fsp3) is 0.562. The minimum absolute atomic E-state index is 0.0189. The lowest BCUT2D eigenvalue weighted by atomic mass is 9.93. The standard InChI is InChI=1S/C16H26N2O/c1-3-4-5-13-6-8-14(9-7-13)15(17)10-12(2)11-16(18)19/h6-9,12,15H,3-5,10-11,17H2,1-2H3,(H2,18,19). The molecule has 0 aliphatic carbocycles. The maximum atomic E-state index is 10.9. The van der Waals surface area contributed by atoms with Gasteiger partial charge in [-0.05, 0) is 36.3 Å². The first-order valence-corrected chi connectivity index (χ1v) is 7.15. The van der Waals surface area contributed by atoms with Gasteiger partial charge in [0.2, 0.25) is 5.91 Å². The molecule has 2 atom stereocenters. The molecule has 0 saturated carbocycles. The predicted octanol–water partition coefficient (Wildman–Crippen LogP) is 2.93. The van der Waals surface area contributed by atoms with Crippen molar-refractivity contribution in [3.8, 4) is 0 Å². The number of benzene rings is 1. The normalized spacial score (nSPS) is 14.1. The van der Waals surface area contributed by atoms with E-state index in [1.54, 1.807) is 0 Å². The summed E-state index contributed by atoms with van der Waals surface area (Å²) in [6.45, 7) is 4.21. The minimum Gasteiger partial charge on any atom is -0.370 e. The Morgan fingerprint density at radius 3 is 2.42 bits per heavy atom. The number of hydrogen-bond donors (Lipinski definition) is 2. The van der Waals surface area contributed by atoms with Crippen molar-refractivity contribution in [2.45, 2.75) is 52.0 Å². The van der Waals surface area contributed by atoms with Gasteiger partial charge in [-0.25, -0.2) is 0 Å². The second-order valence-corrected chi connectivity index (χ2v) is 5.46. The van der Waals surface area contributed by atoms with E-state index in [9.17, 15) is 4.79 Å². The van der Waals surface area contributed by atoms with Gasteiger partial charge in [-0.2, -0.15) is 0 Å². The molecule has 4 N–H and O–H groups in total. The lowest BCUT2D eigenvalue weighted by molar-refractivity contribution is -0.118. The van der Waals surface area contributed by atoms with Gasteiger partial charge in [0.25, 0.3) is 0 Å². The van der Waals surface area contributed by atoms with Crippen molar-refractivity contribution in [3.05, 3.63) is 35.4 Å². The molecular formula is C16H26N2O. The van der Waals surface area contributed by atoms with E-state index in [-0.39, 0.29) is 17.9 Å². The summed E-state index contributed by atoms with van der Waals surface area (Å²) in [5.41, 5.74) is 13.9. The summed E-state index contributed by atoms with van der Waals surface area (Å²) in [5, 5.41) is 0. The molecule has 0 fully saturated rings. The first-order chi connectivity index (χ1) is 9.02. The van der Waals surface area contributed by atoms with Gasteiger partial charge < -0.3 is 11.5 Å². The molecule has 0 heterocycles. The smallest absolute Gasteiger partial charge is 0.217 e. The van der Waals surface area contributed by atoms with E-state index < -0.39 is 0 Å². The molecule has 0 aromatic heterocycles. The highest BCUT2D eigenvalue weighted by Crippen LogP contribution is 2.21. The van der Waals surface area contributed by atoms with Crippen LogP contribution in [0.4, 0.5) is 0 Å². The van der Waals surface area contributed by atoms with E-state index in [4.69, 9.17) is 11.5 Å². The van der Waals surface area contributed by atoms with Crippen molar-refractivity contribution < 1.29 is 4.79 Å². The van der Waals surface area contributed by atoms with Crippen LogP contribution in [0.5, 0.6) is 0 Å². The summed E-state index contributed by atoms with van der Waals surface area (Å²) in [5.74, 6) is -0.0260. The quantitative estimate of drug-likeness (QED) is 0.756. The fourth-order valence-electron chi connectivity index (χ4n) is 2.31. The summed E-state index contributed by atoms with van der Waals surface area (Å²) in [7, 11) is 0. The van der Waals surface area contributed by atoms with Crippen LogP contribution in [-0.4, -0.2) is 5.91 Å². The van der Waals surface area contributed by atoms with Crippen molar-refractivity contribution >= 4 is 5.91 Å². The molecule has 0 bridgehead atoms. The molecule has 1 aromatic rings. The van der Waals surface area contributed by atoms with Crippen molar-refractivity contribution in [3.63, 3.8) is 0 Å². The molecule has 3 nitrogen and oxygen atoms in total. The third-order valence-electron chi connectivity index (χ3n) is 3.43. The number of carbonyl (C=O) groups excluding carboxylic acids is 1. The maximum absolute atomic E-state index is 10.9. The first kappa shape index (κ1) is 15.7. The number of carbonyl (C=O) groups is 1. The van der Waals surface area contributed by atoms with Crippen molar-refractivity contribution in [2.75, 3.05) is 0 Å². The Hall–Kier alpha value is -1.35. The maximum Gasteiger partial charge on any atom is 0.217 e. The Balaban J connectivity index is 2.52. The fourth-order valence-corrected chi connectivity index (χ4v) is 2.31. The van der Waals surface area contributed by atoms with Gasteiger partial charge in [0.15, 0.2) is 0 Å².